The molecule has 120 valence electrons. The van der Waals surface area contributed by atoms with Crippen LogP contribution in [0.2, 0.25) is 0 Å². The Labute approximate surface area is 131 Å². The van der Waals surface area contributed by atoms with Gasteiger partial charge >= 0.3 is 0 Å². The molecule has 2 heterocycles. The van der Waals surface area contributed by atoms with E-state index < -0.39 is 0 Å². The molecule has 1 saturated heterocycles. The van der Waals surface area contributed by atoms with Gasteiger partial charge in [0.15, 0.2) is 0 Å². The number of piperidine rings is 1. The molecule has 0 aromatic carbocycles. The number of rotatable bonds is 3. The zero-order chi connectivity index (χ0) is 16.1. The molecule has 1 aliphatic heterocycles. The van der Waals surface area contributed by atoms with Crippen molar-refractivity contribution >= 4 is 5.96 Å². The lowest BCUT2D eigenvalue weighted by molar-refractivity contribution is 0.125. The van der Waals surface area contributed by atoms with E-state index in [0.717, 1.165) is 37.4 Å². The van der Waals surface area contributed by atoms with Crippen LogP contribution in [0.5, 0.6) is 5.75 Å². The second-order valence-corrected chi connectivity index (χ2v) is 5.45. The predicted octanol–water partition coefficient (Wildman–Crippen LogP) is 0.825. The second kappa shape index (κ2) is 7.13. The lowest BCUT2D eigenvalue weighted by Crippen LogP contribution is -2.50. The van der Waals surface area contributed by atoms with Gasteiger partial charge in [-0.1, -0.05) is 6.58 Å². The molecule has 7 nitrogen and oxygen atoms in total. The third-order valence-corrected chi connectivity index (χ3v) is 3.45. The molecule has 1 aliphatic rings. The molecule has 0 saturated carbocycles. The highest BCUT2D eigenvalue weighted by Crippen LogP contribution is 2.19. The quantitative estimate of drug-likeness (QED) is 0.372. The Morgan fingerprint density at radius 2 is 2.18 bits per heavy atom. The number of hydrogen-bond donors (Lipinski definition) is 2. The lowest BCUT2D eigenvalue weighted by atomic mass is 10.1. The van der Waals surface area contributed by atoms with Gasteiger partial charge < -0.3 is 15.4 Å². The van der Waals surface area contributed by atoms with Crippen molar-refractivity contribution in [2.75, 3.05) is 20.1 Å². The van der Waals surface area contributed by atoms with Crippen molar-refractivity contribution in [3.63, 3.8) is 0 Å². The first-order chi connectivity index (χ1) is 10.5. The SMILES string of the molecule is C=C(N)N=C(N(C)N)N1CCC(Oc2ccnc(C)c2)CC1. The Balaban J connectivity index is 1.93. The molecule has 0 amide bonds. The summed E-state index contributed by atoms with van der Waals surface area (Å²) in [5.74, 6) is 7.56. The van der Waals surface area contributed by atoms with Gasteiger partial charge in [0.1, 0.15) is 17.7 Å². The van der Waals surface area contributed by atoms with Crippen LogP contribution >= 0.6 is 0 Å². The number of pyridine rings is 1. The van der Waals surface area contributed by atoms with Crippen LogP contribution in [0, 0.1) is 6.92 Å². The highest BCUT2D eigenvalue weighted by atomic mass is 16.5. The first-order valence-electron chi connectivity index (χ1n) is 7.31. The van der Waals surface area contributed by atoms with Gasteiger partial charge in [-0.3, -0.25) is 9.99 Å². The maximum Gasteiger partial charge on any atom is 0.217 e. The fourth-order valence-corrected chi connectivity index (χ4v) is 2.46. The van der Waals surface area contributed by atoms with Gasteiger partial charge in [-0.2, -0.15) is 4.99 Å². The van der Waals surface area contributed by atoms with E-state index in [1.54, 1.807) is 13.2 Å². The highest BCUT2D eigenvalue weighted by molar-refractivity contribution is 5.80. The molecule has 0 radical (unpaired) electrons. The molecular weight excluding hydrogens is 280 g/mol. The van der Waals surface area contributed by atoms with Crippen molar-refractivity contribution in [1.82, 2.24) is 14.9 Å². The van der Waals surface area contributed by atoms with E-state index in [1.807, 2.05) is 19.1 Å². The molecule has 0 spiro atoms. The molecule has 0 unspecified atom stereocenters. The predicted molar refractivity (Wildman–Crippen MR) is 86.9 cm³/mol. The van der Waals surface area contributed by atoms with E-state index in [0.29, 0.717) is 5.96 Å². The summed E-state index contributed by atoms with van der Waals surface area (Å²) in [6.07, 6.45) is 3.74. The Bertz CT molecular complexity index is 549. The Morgan fingerprint density at radius 3 is 2.73 bits per heavy atom. The average Bonchev–Trinajstić information content (AvgIpc) is 2.45. The van der Waals surface area contributed by atoms with Gasteiger partial charge in [0, 0.05) is 50.9 Å². The maximum atomic E-state index is 6.01. The molecule has 7 heteroatoms. The summed E-state index contributed by atoms with van der Waals surface area (Å²) in [5.41, 5.74) is 6.51. The molecule has 0 atom stereocenters. The number of aryl methyl sites for hydroxylation is 1. The van der Waals surface area contributed by atoms with Crippen LogP contribution in [-0.4, -0.2) is 47.1 Å². The molecular formula is C15H24N6O. The smallest absolute Gasteiger partial charge is 0.217 e. The van der Waals surface area contributed by atoms with Crippen LogP contribution in [0.1, 0.15) is 18.5 Å². The van der Waals surface area contributed by atoms with Crippen LogP contribution in [0.15, 0.2) is 35.7 Å². The summed E-state index contributed by atoms with van der Waals surface area (Å²) in [7, 11) is 1.74. The normalized spacial score (nSPS) is 16.5. The average molecular weight is 304 g/mol. The van der Waals surface area contributed by atoms with E-state index in [4.69, 9.17) is 16.3 Å². The number of aliphatic imine (C=N–C) groups is 1. The molecule has 22 heavy (non-hydrogen) atoms. The van der Waals surface area contributed by atoms with Crippen molar-refractivity contribution in [2.45, 2.75) is 25.9 Å². The molecule has 0 bridgehead atoms. The molecule has 0 aliphatic carbocycles. The number of ether oxygens (including phenoxy) is 1. The van der Waals surface area contributed by atoms with E-state index in [2.05, 4.69) is 21.5 Å². The van der Waals surface area contributed by atoms with Gasteiger partial charge in [0.05, 0.1) is 0 Å². The summed E-state index contributed by atoms with van der Waals surface area (Å²) >= 11 is 0. The number of nitrogens with two attached hydrogens (primary N) is 2. The van der Waals surface area contributed by atoms with Crippen molar-refractivity contribution < 1.29 is 4.74 Å². The van der Waals surface area contributed by atoms with Gasteiger partial charge in [-0.15, -0.1) is 0 Å². The third-order valence-electron chi connectivity index (χ3n) is 3.45. The van der Waals surface area contributed by atoms with Gasteiger partial charge in [0.2, 0.25) is 5.96 Å². The van der Waals surface area contributed by atoms with Gasteiger partial charge in [0.25, 0.3) is 0 Å². The van der Waals surface area contributed by atoms with Crippen LogP contribution in [-0.2, 0) is 0 Å². The second-order valence-electron chi connectivity index (χ2n) is 5.45. The number of hydrogen-bond acceptors (Lipinski definition) is 5. The fraction of sp³-hybridized carbons (Fsp3) is 0.467. The zero-order valence-electron chi connectivity index (χ0n) is 13.2. The maximum absolute atomic E-state index is 6.01. The minimum atomic E-state index is 0.184. The standard InChI is InChI=1S/C15H24N6O/c1-11-10-14(4-7-18-11)22-13-5-8-21(9-6-13)15(20(3)17)19-12(2)16/h4,7,10,13H,2,5-6,8-9,16-17H2,1,3H3. The van der Waals surface area contributed by atoms with Crippen molar-refractivity contribution in [1.29, 1.82) is 0 Å². The number of nitrogens with zero attached hydrogens (tertiary/aromatic N) is 4. The third kappa shape index (κ3) is 4.36. The Morgan fingerprint density at radius 1 is 1.50 bits per heavy atom. The van der Waals surface area contributed by atoms with Crippen molar-refractivity contribution in [3.05, 3.63) is 36.4 Å². The summed E-state index contributed by atoms with van der Waals surface area (Å²) < 4.78 is 6.01. The van der Waals surface area contributed by atoms with Crippen LogP contribution in [0.25, 0.3) is 0 Å². The van der Waals surface area contributed by atoms with Crippen LogP contribution < -0.4 is 16.3 Å². The highest BCUT2D eigenvalue weighted by Gasteiger charge is 2.24. The topological polar surface area (TPSA) is 93.0 Å². The molecule has 1 aromatic rings. The zero-order valence-corrected chi connectivity index (χ0v) is 13.2. The summed E-state index contributed by atoms with van der Waals surface area (Å²) in [4.78, 5) is 10.5. The first-order valence-corrected chi connectivity index (χ1v) is 7.31. The van der Waals surface area contributed by atoms with Crippen molar-refractivity contribution in [3.8, 4) is 5.75 Å². The van der Waals surface area contributed by atoms with Crippen LogP contribution in [0.3, 0.4) is 0 Å². The summed E-state index contributed by atoms with van der Waals surface area (Å²) in [6, 6.07) is 3.84. The molecule has 4 N–H and O–H groups in total. The number of hydrazine groups is 1. The number of likely N-dealkylation sites (tertiary alicyclic amines) is 1. The van der Waals surface area contributed by atoms with E-state index in [1.165, 1.54) is 5.01 Å². The largest absolute Gasteiger partial charge is 0.490 e. The van der Waals surface area contributed by atoms with Crippen molar-refractivity contribution in [2.24, 2.45) is 16.6 Å². The number of aromatic nitrogens is 1. The van der Waals surface area contributed by atoms with E-state index in [9.17, 15) is 0 Å². The Kier molecular flexibility index (Phi) is 5.21. The van der Waals surface area contributed by atoms with Crippen LogP contribution in [0.4, 0.5) is 0 Å². The first kappa shape index (κ1) is 16.1. The lowest BCUT2D eigenvalue weighted by Gasteiger charge is -2.36. The monoisotopic (exact) mass is 304 g/mol. The van der Waals surface area contributed by atoms with Gasteiger partial charge in [-0.25, -0.2) is 5.84 Å². The number of guanidine groups is 1. The van der Waals surface area contributed by atoms with E-state index >= 15 is 0 Å². The molecule has 1 aromatic heterocycles. The minimum Gasteiger partial charge on any atom is -0.490 e. The molecule has 2 rings (SSSR count). The van der Waals surface area contributed by atoms with Gasteiger partial charge in [-0.05, 0) is 13.0 Å². The van der Waals surface area contributed by atoms with E-state index in [-0.39, 0.29) is 11.9 Å². The minimum absolute atomic E-state index is 0.184. The fourth-order valence-electron chi connectivity index (χ4n) is 2.46. The molecule has 1 fully saturated rings. The summed E-state index contributed by atoms with van der Waals surface area (Å²) in [6.45, 7) is 7.17. The summed E-state index contributed by atoms with van der Waals surface area (Å²) in [5, 5.41) is 1.46. The Hall–Kier alpha value is -2.28.